The summed E-state index contributed by atoms with van der Waals surface area (Å²) < 4.78 is 1.10. The first-order valence-electron chi connectivity index (χ1n) is 7.33. The van der Waals surface area contributed by atoms with Gasteiger partial charge in [0.2, 0.25) is 0 Å². The number of benzene rings is 1. The molecule has 1 aromatic carbocycles. The van der Waals surface area contributed by atoms with Crippen molar-refractivity contribution in [3.63, 3.8) is 0 Å². The number of fused-ring (bicyclic) bond motifs is 1. The van der Waals surface area contributed by atoms with Gasteiger partial charge in [0.25, 0.3) is 5.91 Å². The van der Waals surface area contributed by atoms with Crippen LogP contribution in [0, 0.1) is 17.2 Å². The highest BCUT2D eigenvalue weighted by Crippen LogP contribution is 2.33. The van der Waals surface area contributed by atoms with Crippen LogP contribution in [0.15, 0.2) is 29.6 Å². The summed E-state index contributed by atoms with van der Waals surface area (Å²) in [6.07, 6.45) is 3.64. The lowest BCUT2D eigenvalue weighted by Gasteiger charge is -2.34. The fraction of sp³-hybridized carbons (Fsp3) is 0.412. The third-order valence-electron chi connectivity index (χ3n) is 4.29. The predicted octanol–water partition coefficient (Wildman–Crippen LogP) is 4.10. The number of carbonyl (C=O) groups is 1. The fourth-order valence-electron chi connectivity index (χ4n) is 3.23. The Bertz CT molecular complexity index is 715. The van der Waals surface area contributed by atoms with Crippen molar-refractivity contribution in [2.45, 2.75) is 38.1 Å². The number of thiophene rings is 1. The molecular formula is C17H18N2OS. The van der Waals surface area contributed by atoms with Crippen LogP contribution in [0.2, 0.25) is 0 Å². The molecule has 1 aliphatic carbocycles. The van der Waals surface area contributed by atoms with Gasteiger partial charge in [0.15, 0.2) is 0 Å². The zero-order valence-corrected chi connectivity index (χ0v) is 12.9. The second kappa shape index (κ2) is 5.50. The summed E-state index contributed by atoms with van der Waals surface area (Å²) >= 11 is 1.57. The van der Waals surface area contributed by atoms with Crippen LogP contribution in [0.4, 0.5) is 0 Å². The maximum atomic E-state index is 12.6. The van der Waals surface area contributed by atoms with E-state index in [1.54, 1.807) is 11.3 Å². The van der Waals surface area contributed by atoms with E-state index in [4.69, 9.17) is 0 Å². The van der Waals surface area contributed by atoms with E-state index < -0.39 is 5.54 Å². The Morgan fingerprint density at radius 3 is 3.05 bits per heavy atom. The van der Waals surface area contributed by atoms with Gasteiger partial charge in [0, 0.05) is 15.5 Å². The molecular weight excluding hydrogens is 280 g/mol. The van der Waals surface area contributed by atoms with Crippen molar-refractivity contribution < 1.29 is 4.79 Å². The zero-order chi connectivity index (χ0) is 14.9. The van der Waals surface area contributed by atoms with E-state index in [2.05, 4.69) is 18.3 Å². The smallest absolute Gasteiger partial charge is 0.254 e. The molecule has 1 amide bonds. The first-order chi connectivity index (χ1) is 10.1. The van der Waals surface area contributed by atoms with Gasteiger partial charge in [0.05, 0.1) is 11.6 Å². The monoisotopic (exact) mass is 298 g/mol. The Balaban J connectivity index is 1.87. The summed E-state index contributed by atoms with van der Waals surface area (Å²) in [5.41, 5.74) is -0.0129. The molecule has 0 spiro atoms. The summed E-state index contributed by atoms with van der Waals surface area (Å²) in [5, 5.41) is 15.4. The van der Waals surface area contributed by atoms with Crippen LogP contribution in [0.5, 0.6) is 0 Å². The minimum absolute atomic E-state index is 0.122. The van der Waals surface area contributed by atoms with E-state index in [0.29, 0.717) is 11.5 Å². The van der Waals surface area contributed by atoms with Crippen LogP contribution < -0.4 is 5.32 Å². The number of carbonyl (C=O) groups excluding carboxylic acids is 1. The lowest BCUT2D eigenvalue weighted by atomic mass is 9.77. The molecule has 2 aromatic rings. The first kappa shape index (κ1) is 14.1. The highest BCUT2D eigenvalue weighted by atomic mass is 32.1. The van der Waals surface area contributed by atoms with Crippen molar-refractivity contribution in [3.05, 3.63) is 35.2 Å². The number of nitriles is 1. The summed E-state index contributed by atoms with van der Waals surface area (Å²) in [5.74, 6) is 0.362. The number of nitrogens with one attached hydrogen (secondary N) is 1. The van der Waals surface area contributed by atoms with Crippen molar-refractivity contribution in [1.82, 2.24) is 5.32 Å². The van der Waals surface area contributed by atoms with Crippen LogP contribution in [0.1, 0.15) is 43.0 Å². The van der Waals surface area contributed by atoms with Crippen molar-refractivity contribution in [3.8, 4) is 6.07 Å². The summed E-state index contributed by atoms with van der Waals surface area (Å²) in [7, 11) is 0. The van der Waals surface area contributed by atoms with Crippen molar-refractivity contribution >= 4 is 27.3 Å². The van der Waals surface area contributed by atoms with Crippen molar-refractivity contribution in [2.24, 2.45) is 5.92 Å². The molecule has 2 atom stereocenters. The number of hydrogen-bond donors (Lipinski definition) is 1. The maximum absolute atomic E-state index is 12.6. The molecule has 0 bridgehead atoms. The molecule has 1 N–H and O–H groups in total. The Kier molecular flexibility index (Phi) is 3.69. The van der Waals surface area contributed by atoms with Gasteiger partial charge in [-0.05, 0) is 31.2 Å². The largest absolute Gasteiger partial charge is 0.334 e. The van der Waals surface area contributed by atoms with Crippen LogP contribution in [0.3, 0.4) is 0 Å². The zero-order valence-electron chi connectivity index (χ0n) is 12.1. The van der Waals surface area contributed by atoms with E-state index in [1.807, 2.05) is 29.6 Å². The highest BCUT2D eigenvalue weighted by Gasteiger charge is 2.37. The van der Waals surface area contributed by atoms with Gasteiger partial charge in [-0.15, -0.1) is 11.3 Å². The van der Waals surface area contributed by atoms with E-state index in [-0.39, 0.29) is 5.91 Å². The molecule has 1 saturated carbocycles. The molecule has 0 radical (unpaired) electrons. The Morgan fingerprint density at radius 1 is 1.48 bits per heavy atom. The molecule has 3 rings (SSSR count). The summed E-state index contributed by atoms with van der Waals surface area (Å²) in [6.45, 7) is 2.15. The SMILES string of the molecule is CC1CCCC(C#N)(NC(=O)c2csc3ccccc23)C1. The molecule has 2 unspecified atom stereocenters. The quantitative estimate of drug-likeness (QED) is 0.907. The van der Waals surface area contributed by atoms with Gasteiger partial charge in [-0.1, -0.05) is 31.5 Å². The van der Waals surface area contributed by atoms with Crippen LogP contribution in [-0.2, 0) is 0 Å². The van der Waals surface area contributed by atoms with Crippen molar-refractivity contribution in [1.29, 1.82) is 5.26 Å². The topological polar surface area (TPSA) is 52.9 Å². The molecule has 0 aliphatic heterocycles. The average Bonchev–Trinajstić information content (AvgIpc) is 2.91. The Morgan fingerprint density at radius 2 is 2.29 bits per heavy atom. The number of amides is 1. The lowest BCUT2D eigenvalue weighted by molar-refractivity contribution is 0.0892. The van der Waals surface area contributed by atoms with Crippen molar-refractivity contribution in [2.75, 3.05) is 0 Å². The lowest BCUT2D eigenvalue weighted by Crippen LogP contribution is -2.50. The molecule has 1 aromatic heterocycles. The second-order valence-electron chi connectivity index (χ2n) is 6.00. The van der Waals surface area contributed by atoms with Crippen LogP contribution in [-0.4, -0.2) is 11.4 Å². The van der Waals surface area contributed by atoms with Gasteiger partial charge >= 0.3 is 0 Å². The van der Waals surface area contributed by atoms with Gasteiger partial charge in [0.1, 0.15) is 5.54 Å². The molecule has 21 heavy (non-hydrogen) atoms. The van der Waals surface area contributed by atoms with Crippen LogP contribution >= 0.6 is 11.3 Å². The van der Waals surface area contributed by atoms with E-state index >= 15 is 0 Å². The highest BCUT2D eigenvalue weighted by molar-refractivity contribution is 7.17. The molecule has 1 fully saturated rings. The molecule has 0 saturated heterocycles. The van der Waals surface area contributed by atoms with Crippen LogP contribution in [0.25, 0.3) is 10.1 Å². The molecule has 3 nitrogen and oxygen atoms in total. The normalized spacial score (nSPS) is 25.4. The van der Waals surface area contributed by atoms with E-state index in [0.717, 1.165) is 35.8 Å². The average molecular weight is 298 g/mol. The second-order valence-corrected chi connectivity index (χ2v) is 6.91. The minimum atomic E-state index is -0.697. The minimum Gasteiger partial charge on any atom is -0.334 e. The van der Waals surface area contributed by atoms with E-state index in [1.165, 1.54) is 0 Å². The standard InChI is InChI=1S/C17H18N2OS/c1-12-5-4-8-17(9-12,11-18)19-16(20)14-10-21-15-7-3-2-6-13(14)15/h2-3,6-7,10,12H,4-5,8-9H2,1H3,(H,19,20). The summed E-state index contributed by atoms with van der Waals surface area (Å²) in [4.78, 5) is 12.6. The first-order valence-corrected chi connectivity index (χ1v) is 8.21. The summed E-state index contributed by atoms with van der Waals surface area (Å²) in [6, 6.07) is 10.2. The number of nitrogens with zero attached hydrogens (tertiary/aromatic N) is 1. The van der Waals surface area contributed by atoms with Gasteiger partial charge < -0.3 is 5.32 Å². The maximum Gasteiger partial charge on any atom is 0.254 e. The Labute approximate surface area is 128 Å². The van der Waals surface area contributed by atoms with Gasteiger partial charge in [-0.3, -0.25) is 4.79 Å². The molecule has 1 aliphatic rings. The predicted molar refractivity (Wildman–Crippen MR) is 85.3 cm³/mol. The third-order valence-corrected chi connectivity index (χ3v) is 5.25. The Hall–Kier alpha value is -1.86. The fourth-order valence-corrected chi connectivity index (χ4v) is 4.17. The number of hydrogen-bond acceptors (Lipinski definition) is 3. The third kappa shape index (κ3) is 2.66. The molecule has 1 heterocycles. The van der Waals surface area contributed by atoms with Gasteiger partial charge in [-0.2, -0.15) is 5.26 Å². The van der Waals surface area contributed by atoms with E-state index in [9.17, 15) is 10.1 Å². The van der Waals surface area contributed by atoms with Gasteiger partial charge in [-0.25, -0.2) is 0 Å². The molecule has 108 valence electrons. The molecule has 4 heteroatoms. The number of rotatable bonds is 2.